The number of hydrogen-bond acceptors (Lipinski definition) is 4. The SMILES string of the molecule is COc1ccc(NC(=O)CCN2CCCCC2CO)cc1Cl. The minimum atomic E-state index is -0.0523. The van der Waals surface area contributed by atoms with Crippen LogP contribution in [0.3, 0.4) is 0 Å². The van der Waals surface area contributed by atoms with Crippen molar-refractivity contribution in [3.05, 3.63) is 23.2 Å². The Hall–Kier alpha value is -1.30. The second-order valence-electron chi connectivity index (χ2n) is 5.52. The maximum absolute atomic E-state index is 12.0. The summed E-state index contributed by atoms with van der Waals surface area (Å²) in [5.41, 5.74) is 0.660. The Kier molecular flexibility index (Phi) is 6.49. The molecule has 5 nitrogen and oxygen atoms in total. The Bertz CT molecular complexity index is 510. The number of likely N-dealkylation sites (tertiary alicyclic amines) is 1. The van der Waals surface area contributed by atoms with E-state index in [0.29, 0.717) is 29.4 Å². The molecule has 0 radical (unpaired) electrons. The topological polar surface area (TPSA) is 61.8 Å². The van der Waals surface area contributed by atoms with Crippen molar-refractivity contribution in [2.24, 2.45) is 0 Å². The molecule has 2 rings (SSSR count). The zero-order chi connectivity index (χ0) is 15.9. The van der Waals surface area contributed by atoms with Crippen LogP contribution < -0.4 is 10.1 Å². The number of nitrogens with zero attached hydrogens (tertiary/aromatic N) is 1. The molecule has 0 aliphatic carbocycles. The van der Waals surface area contributed by atoms with Crippen molar-refractivity contribution < 1.29 is 14.6 Å². The molecule has 1 aliphatic rings. The first kappa shape index (κ1) is 17.1. The largest absolute Gasteiger partial charge is 0.495 e. The van der Waals surface area contributed by atoms with Gasteiger partial charge >= 0.3 is 0 Å². The third-order valence-corrected chi connectivity index (χ3v) is 4.32. The van der Waals surface area contributed by atoms with Gasteiger partial charge in [-0.2, -0.15) is 0 Å². The lowest BCUT2D eigenvalue weighted by molar-refractivity contribution is -0.116. The molecule has 0 spiro atoms. The number of piperidine rings is 1. The molecule has 1 aromatic rings. The van der Waals surface area contributed by atoms with E-state index in [4.69, 9.17) is 16.3 Å². The molecule has 1 fully saturated rings. The molecule has 1 aliphatic heterocycles. The van der Waals surface area contributed by atoms with Crippen molar-refractivity contribution in [1.29, 1.82) is 0 Å². The first-order valence-corrected chi connectivity index (χ1v) is 8.00. The minimum Gasteiger partial charge on any atom is -0.495 e. The maximum atomic E-state index is 12.0. The lowest BCUT2D eigenvalue weighted by Gasteiger charge is -2.34. The number of amides is 1. The summed E-state index contributed by atoms with van der Waals surface area (Å²) < 4.78 is 5.08. The molecule has 1 saturated heterocycles. The Morgan fingerprint density at radius 1 is 1.50 bits per heavy atom. The van der Waals surface area contributed by atoms with Gasteiger partial charge in [-0.05, 0) is 37.6 Å². The van der Waals surface area contributed by atoms with Gasteiger partial charge in [0.25, 0.3) is 0 Å². The second kappa shape index (κ2) is 8.36. The van der Waals surface area contributed by atoms with Gasteiger partial charge in [-0.15, -0.1) is 0 Å². The first-order chi connectivity index (χ1) is 10.6. The molecule has 0 bridgehead atoms. The molecule has 1 heterocycles. The number of hydrogen-bond donors (Lipinski definition) is 2. The summed E-state index contributed by atoms with van der Waals surface area (Å²) in [6.45, 7) is 1.78. The molecule has 1 aromatic carbocycles. The van der Waals surface area contributed by atoms with Crippen LogP contribution in [0.5, 0.6) is 5.75 Å². The van der Waals surface area contributed by atoms with Crippen LogP contribution >= 0.6 is 11.6 Å². The third kappa shape index (κ3) is 4.60. The molecule has 1 amide bonds. The van der Waals surface area contributed by atoms with Gasteiger partial charge in [-0.25, -0.2) is 0 Å². The lowest BCUT2D eigenvalue weighted by Crippen LogP contribution is -2.43. The summed E-state index contributed by atoms with van der Waals surface area (Å²) in [7, 11) is 1.55. The molecule has 122 valence electrons. The van der Waals surface area contributed by atoms with Crippen LogP contribution in [0.25, 0.3) is 0 Å². The summed E-state index contributed by atoms with van der Waals surface area (Å²) in [6.07, 6.45) is 3.69. The number of aliphatic hydroxyl groups excluding tert-OH is 1. The lowest BCUT2D eigenvalue weighted by atomic mass is 10.0. The predicted molar refractivity (Wildman–Crippen MR) is 87.5 cm³/mol. The normalized spacial score (nSPS) is 19.0. The second-order valence-corrected chi connectivity index (χ2v) is 5.92. The van der Waals surface area contributed by atoms with Crippen molar-refractivity contribution in [2.45, 2.75) is 31.7 Å². The van der Waals surface area contributed by atoms with Gasteiger partial charge in [0.05, 0.1) is 18.7 Å². The Morgan fingerprint density at radius 2 is 2.32 bits per heavy atom. The van der Waals surface area contributed by atoms with Crippen LogP contribution in [-0.2, 0) is 4.79 Å². The number of rotatable bonds is 6. The highest BCUT2D eigenvalue weighted by Crippen LogP contribution is 2.27. The van der Waals surface area contributed by atoms with Crippen LogP contribution in [0.4, 0.5) is 5.69 Å². The van der Waals surface area contributed by atoms with Crippen LogP contribution in [0.2, 0.25) is 5.02 Å². The number of anilines is 1. The standard InChI is InChI=1S/C16H23ClN2O3/c1-22-15-6-5-12(10-14(15)17)18-16(21)7-9-19-8-3-2-4-13(19)11-20/h5-6,10,13,20H,2-4,7-9,11H2,1H3,(H,18,21). The zero-order valence-electron chi connectivity index (χ0n) is 12.8. The minimum absolute atomic E-state index is 0.0523. The summed E-state index contributed by atoms with van der Waals surface area (Å²) >= 11 is 6.04. The quantitative estimate of drug-likeness (QED) is 0.843. The third-order valence-electron chi connectivity index (χ3n) is 4.02. The fraction of sp³-hybridized carbons (Fsp3) is 0.562. The first-order valence-electron chi connectivity index (χ1n) is 7.62. The molecule has 1 unspecified atom stereocenters. The van der Waals surface area contributed by atoms with Crippen molar-refractivity contribution in [1.82, 2.24) is 4.90 Å². The number of halogens is 1. The van der Waals surface area contributed by atoms with E-state index in [2.05, 4.69) is 10.2 Å². The predicted octanol–water partition coefficient (Wildman–Crippen LogP) is 2.52. The molecule has 22 heavy (non-hydrogen) atoms. The summed E-state index contributed by atoms with van der Waals surface area (Å²) in [5, 5.41) is 12.7. The van der Waals surface area contributed by atoms with Crippen LogP contribution in [0.15, 0.2) is 18.2 Å². The van der Waals surface area contributed by atoms with E-state index in [-0.39, 0.29) is 18.6 Å². The van der Waals surface area contributed by atoms with Gasteiger partial charge in [0.1, 0.15) is 5.75 Å². The van der Waals surface area contributed by atoms with Crippen LogP contribution in [0, 0.1) is 0 Å². The molecule has 0 aromatic heterocycles. The van der Waals surface area contributed by atoms with Crippen molar-refractivity contribution in [2.75, 3.05) is 32.1 Å². The van der Waals surface area contributed by atoms with Gasteiger partial charge in [0, 0.05) is 24.7 Å². The van der Waals surface area contributed by atoms with E-state index in [9.17, 15) is 9.90 Å². The molecule has 0 saturated carbocycles. The Balaban J connectivity index is 1.83. The molecule has 2 N–H and O–H groups in total. The highest BCUT2D eigenvalue weighted by atomic mass is 35.5. The van der Waals surface area contributed by atoms with E-state index in [1.807, 2.05) is 0 Å². The number of aliphatic hydroxyl groups is 1. The highest BCUT2D eigenvalue weighted by Gasteiger charge is 2.21. The molecule has 1 atom stereocenters. The Morgan fingerprint density at radius 3 is 3.00 bits per heavy atom. The summed E-state index contributed by atoms with van der Waals surface area (Å²) in [6, 6.07) is 5.36. The zero-order valence-corrected chi connectivity index (χ0v) is 13.6. The molecular weight excluding hydrogens is 304 g/mol. The van der Waals surface area contributed by atoms with Crippen LogP contribution in [-0.4, -0.2) is 48.8 Å². The highest BCUT2D eigenvalue weighted by molar-refractivity contribution is 6.32. The van der Waals surface area contributed by atoms with E-state index in [1.165, 1.54) is 0 Å². The van der Waals surface area contributed by atoms with Gasteiger partial charge in [-0.3, -0.25) is 9.69 Å². The number of carbonyl (C=O) groups is 1. The fourth-order valence-corrected chi connectivity index (χ4v) is 3.03. The molecule has 6 heteroatoms. The van der Waals surface area contributed by atoms with Crippen molar-refractivity contribution in [3.8, 4) is 5.75 Å². The molecular formula is C16H23ClN2O3. The number of carbonyl (C=O) groups excluding carboxylic acids is 1. The monoisotopic (exact) mass is 326 g/mol. The summed E-state index contributed by atoms with van der Waals surface area (Å²) in [4.78, 5) is 14.2. The number of benzene rings is 1. The van der Waals surface area contributed by atoms with E-state index in [0.717, 1.165) is 25.8 Å². The van der Waals surface area contributed by atoms with Gasteiger partial charge in [0.15, 0.2) is 0 Å². The smallest absolute Gasteiger partial charge is 0.225 e. The van der Waals surface area contributed by atoms with Crippen LogP contribution in [0.1, 0.15) is 25.7 Å². The number of ether oxygens (including phenoxy) is 1. The van der Waals surface area contributed by atoms with E-state index < -0.39 is 0 Å². The van der Waals surface area contributed by atoms with Gasteiger partial charge < -0.3 is 15.2 Å². The van der Waals surface area contributed by atoms with E-state index in [1.54, 1.807) is 25.3 Å². The Labute approximate surface area is 136 Å². The summed E-state index contributed by atoms with van der Waals surface area (Å²) in [5.74, 6) is 0.530. The van der Waals surface area contributed by atoms with Crippen molar-refractivity contribution >= 4 is 23.2 Å². The maximum Gasteiger partial charge on any atom is 0.225 e. The fourth-order valence-electron chi connectivity index (χ4n) is 2.77. The van der Waals surface area contributed by atoms with Gasteiger partial charge in [0.2, 0.25) is 5.91 Å². The van der Waals surface area contributed by atoms with Gasteiger partial charge in [-0.1, -0.05) is 18.0 Å². The average molecular weight is 327 g/mol. The van der Waals surface area contributed by atoms with E-state index >= 15 is 0 Å². The number of methoxy groups -OCH3 is 1. The average Bonchev–Trinajstić information content (AvgIpc) is 2.53. The van der Waals surface area contributed by atoms with Crippen molar-refractivity contribution in [3.63, 3.8) is 0 Å². The number of nitrogens with one attached hydrogen (secondary N) is 1.